The molecule has 0 unspecified atom stereocenters. The Balaban J connectivity index is 2.16. The zero-order valence-corrected chi connectivity index (χ0v) is 12.8. The van der Waals surface area contributed by atoms with Crippen LogP contribution >= 0.6 is 11.6 Å². The van der Waals surface area contributed by atoms with E-state index in [1.807, 2.05) is 42.5 Å². The molecule has 1 heterocycles. The third-order valence-corrected chi connectivity index (χ3v) is 3.80. The van der Waals surface area contributed by atoms with Gasteiger partial charge in [-0.25, -0.2) is 4.98 Å². The van der Waals surface area contributed by atoms with E-state index in [1.165, 1.54) is 0 Å². The molecule has 1 N–H and O–H groups in total. The average Bonchev–Trinajstić information content (AvgIpc) is 2.84. The number of imidazole rings is 1. The molecule has 0 atom stereocenters. The first kappa shape index (κ1) is 14.6. The van der Waals surface area contributed by atoms with Gasteiger partial charge in [0.25, 0.3) is 0 Å². The summed E-state index contributed by atoms with van der Waals surface area (Å²) < 4.78 is 2.10. The number of fused-ring (bicyclic) bond motifs is 1. The van der Waals surface area contributed by atoms with Crippen molar-refractivity contribution < 1.29 is 9.90 Å². The molecular weight excluding hydrogens is 300 g/mol. The van der Waals surface area contributed by atoms with Crippen LogP contribution in [0.1, 0.15) is 12.5 Å². The molecule has 3 rings (SSSR count). The van der Waals surface area contributed by atoms with Gasteiger partial charge in [0.1, 0.15) is 5.82 Å². The van der Waals surface area contributed by atoms with Crippen molar-refractivity contribution in [2.75, 3.05) is 0 Å². The molecule has 3 aromatic rings. The standard InChI is InChI=1S/C17H15ClN2O2/c1-2-20-15-7-6-11(9-16(21)22)8-14(15)19-17(20)12-4-3-5-13(18)10-12/h3-8,10H,2,9H2,1H3,(H,21,22). The van der Waals surface area contributed by atoms with Crippen LogP contribution in [0, 0.1) is 0 Å². The maximum absolute atomic E-state index is 10.9. The van der Waals surface area contributed by atoms with Gasteiger partial charge in [-0.05, 0) is 36.8 Å². The molecule has 112 valence electrons. The minimum Gasteiger partial charge on any atom is -0.481 e. The lowest BCUT2D eigenvalue weighted by Crippen LogP contribution is -2.00. The highest BCUT2D eigenvalue weighted by Crippen LogP contribution is 2.27. The highest BCUT2D eigenvalue weighted by atomic mass is 35.5. The normalized spacial score (nSPS) is 11.0. The van der Waals surface area contributed by atoms with Crippen molar-refractivity contribution in [3.63, 3.8) is 0 Å². The maximum atomic E-state index is 10.9. The number of aliphatic carboxylic acids is 1. The van der Waals surface area contributed by atoms with Gasteiger partial charge in [-0.1, -0.05) is 29.8 Å². The van der Waals surface area contributed by atoms with Gasteiger partial charge < -0.3 is 9.67 Å². The minimum absolute atomic E-state index is 0.00141. The Kier molecular flexibility index (Phi) is 3.86. The third kappa shape index (κ3) is 2.70. The van der Waals surface area contributed by atoms with E-state index in [4.69, 9.17) is 16.7 Å². The molecule has 0 aliphatic rings. The molecular formula is C17H15ClN2O2. The molecule has 2 aromatic carbocycles. The van der Waals surface area contributed by atoms with E-state index < -0.39 is 5.97 Å². The zero-order valence-electron chi connectivity index (χ0n) is 12.1. The average molecular weight is 315 g/mol. The summed E-state index contributed by atoms with van der Waals surface area (Å²) in [6.07, 6.45) is 0.00141. The van der Waals surface area contributed by atoms with Gasteiger partial charge in [-0.2, -0.15) is 0 Å². The minimum atomic E-state index is -0.843. The molecule has 5 heteroatoms. The lowest BCUT2D eigenvalue weighted by atomic mass is 10.1. The summed E-state index contributed by atoms with van der Waals surface area (Å²) in [6.45, 7) is 2.83. The Morgan fingerprint density at radius 1 is 1.27 bits per heavy atom. The van der Waals surface area contributed by atoms with Crippen molar-refractivity contribution in [2.24, 2.45) is 0 Å². The fourth-order valence-electron chi connectivity index (χ4n) is 2.63. The summed E-state index contributed by atoms with van der Waals surface area (Å²) in [5, 5.41) is 9.58. The summed E-state index contributed by atoms with van der Waals surface area (Å²) in [5.41, 5.74) is 3.49. The number of carbonyl (C=O) groups is 1. The Morgan fingerprint density at radius 2 is 2.09 bits per heavy atom. The van der Waals surface area contributed by atoms with E-state index >= 15 is 0 Å². The van der Waals surface area contributed by atoms with Crippen LogP contribution in [0.3, 0.4) is 0 Å². The van der Waals surface area contributed by atoms with Crippen molar-refractivity contribution in [1.29, 1.82) is 0 Å². The van der Waals surface area contributed by atoms with Gasteiger partial charge in [-0.3, -0.25) is 4.79 Å². The smallest absolute Gasteiger partial charge is 0.307 e. The first-order valence-corrected chi connectivity index (χ1v) is 7.43. The van der Waals surface area contributed by atoms with Crippen molar-refractivity contribution in [2.45, 2.75) is 19.9 Å². The summed E-state index contributed by atoms with van der Waals surface area (Å²) >= 11 is 6.07. The lowest BCUT2D eigenvalue weighted by Gasteiger charge is -2.06. The molecule has 22 heavy (non-hydrogen) atoms. The molecule has 4 nitrogen and oxygen atoms in total. The Morgan fingerprint density at radius 3 is 2.77 bits per heavy atom. The van der Waals surface area contributed by atoms with E-state index in [0.717, 1.165) is 34.5 Å². The first-order valence-electron chi connectivity index (χ1n) is 7.05. The quantitative estimate of drug-likeness (QED) is 0.791. The summed E-state index contributed by atoms with van der Waals surface area (Å²) in [7, 11) is 0. The number of aryl methyl sites for hydroxylation is 1. The van der Waals surface area contributed by atoms with Crippen LogP contribution in [-0.4, -0.2) is 20.6 Å². The molecule has 0 aliphatic carbocycles. The topological polar surface area (TPSA) is 55.1 Å². The van der Waals surface area contributed by atoms with Crippen LogP contribution in [0.4, 0.5) is 0 Å². The fourth-order valence-corrected chi connectivity index (χ4v) is 2.82. The van der Waals surface area contributed by atoms with E-state index in [9.17, 15) is 4.79 Å². The highest BCUT2D eigenvalue weighted by Gasteiger charge is 2.13. The second kappa shape index (κ2) is 5.81. The summed E-state index contributed by atoms with van der Waals surface area (Å²) in [4.78, 5) is 15.5. The molecule has 0 radical (unpaired) electrons. The van der Waals surface area contributed by atoms with Gasteiger partial charge in [0.05, 0.1) is 17.5 Å². The van der Waals surface area contributed by atoms with E-state index in [2.05, 4.69) is 16.5 Å². The number of hydrogen-bond donors (Lipinski definition) is 1. The number of halogens is 1. The van der Waals surface area contributed by atoms with Gasteiger partial charge in [0.15, 0.2) is 0 Å². The SMILES string of the molecule is CCn1c(-c2cccc(Cl)c2)nc2cc(CC(=O)O)ccc21. The number of carboxylic acid groups (broad SMARTS) is 1. The van der Waals surface area contributed by atoms with Crippen LogP contribution in [0.5, 0.6) is 0 Å². The Bertz CT molecular complexity index is 855. The van der Waals surface area contributed by atoms with E-state index in [0.29, 0.717) is 5.02 Å². The predicted octanol–water partition coefficient (Wildman–Crippen LogP) is 4.00. The number of benzene rings is 2. The monoisotopic (exact) mass is 314 g/mol. The molecule has 0 saturated carbocycles. The molecule has 0 aliphatic heterocycles. The van der Waals surface area contributed by atoms with Crippen molar-refractivity contribution in [3.8, 4) is 11.4 Å². The summed E-state index contributed by atoms with van der Waals surface area (Å²) in [5.74, 6) is -0.00295. The summed E-state index contributed by atoms with van der Waals surface area (Å²) in [6, 6.07) is 13.2. The number of aromatic nitrogens is 2. The number of rotatable bonds is 4. The first-order chi connectivity index (χ1) is 10.6. The molecule has 0 saturated heterocycles. The molecule has 0 amide bonds. The van der Waals surface area contributed by atoms with Crippen LogP contribution in [0.15, 0.2) is 42.5 Å². The van der Waals surface area contributed by atoms with Crippen LogP contribution in [0.25, 0.3) is 22.4 Å². The van der Waals surface area contributed by atoms with E-state index in [1.54, 1.807) is 0 Å². The van der Waals surface area contributed by atoms with Gasteiger partial charge in [0.2, 0.25) is 0 Å². The second-order valence-corrected chi connectivity index (χ2v) is 5.52. The molecule has 0 fully saturated rings. The number of hydrogen-bond acceptors (Lipinski definition) is 2. The van der Waals surface area contributed by atoms with Gasteiger partial charge >= 0.3 is 5.97 Å². The molecule has 0 spiro atoms. The van der Waals surface area contributed by atoms with Crippen LogP contribution in [-0.2, 0) is 17.8 Å². The van der Waals surface area contributed by atoms with Crippen molar-refractivity contribution >= 4 is 28.6 Å². The lowest BCUT2D eigenvalue weighted by molar-refractivity contribution is -0.136. The Labute approximate surface area is 133 Å². The molecule has 0 bridgehead atoms. The van der Waals surface area contributed by atoms with Crippen molar-refractivity contribution in [3.05, 3.63) is 53.1 Å². The third-order valence-electron chi connectivity index (χ3n) is 3.57. The number of carboxylic acids is 1. The van der Waals surface area contributed by atoms with E-state index in [-0.39, 0.29) is 6.42 Å². The van der Waals surface area contributed by atoms with Crippen LogP contribution < -0.4 is 0 Å². The molecule has 1 aromatic heterocycles. The second-order valence-electron chi connectivity index (χ2n) is 5.08. The van der Waals surface area contributed by atoms with Gasteiger partial charge in [-0.15, -0.1) is 0 Å². The largest absolute Gasteiger partial charge is 0.481 e. The Hall–Kier alpha value is -2.33. The van der Waals surface area contributed by atoms with Crippen molar-refractivity contribution in [1.82, 2.24) is 9.55 Å². The fraction of sp³-hybridized carbons (Fsp3) is 0.176. The predicted molar refractivity (Wildman–Crippen MR) is 87.2 cm³/mol. The zero-order chi connectivity index (χ0) is 15.7. The highest BCUT2D eigenvalue weighted by molar-refractivity contribution is 6.30. The number of nitrogens with zero attached hydrogens (tertiary/aromatic N) is 2. The van der Waals surface area contributed by atoms with Crippen LogP contribution in [0.2, 0.25) is 5.02 Å². The maximum Gasteiger partial charge on any atom is 0.307 e. The van der Waals surface area contributed by atoms with Gasteiger partial charge in [0, 0.05) is 17.1 Å².